The van der Waals surface area contributed by atoms with Crippen LogP contribution in [0, 0.1) is 0 Å². The Kier molecular flexibility index (Phi) is 6.05. The monoisotopic (exact) mass is 438 g/mol. The highest BCUT2D eigenvalue weighted by atomic mass is 32.2. The van der Waals surface area contributed by atoms with Crippen LogP contribution in [0.15, 0.2) is 54.6 Å². The third-order valence-electron chi connectivity index (χ3n) is 4.93. The third-order valence-corrected chi connectivity index (χ3v) is 5.49. The van der Waals surface area contributed by atoms with Crippen LogP contribution in [-0.4, -0.2) is 23.0 Å². The van der Waals surface area contributed by atoms with Crippen molar-refractivity contribution >= 4 is 43.0 Å². The average Bonchev–Trinajstić information content (AvgIpc) is 2.99. The van der Waals surface area contributed by atoms with Gasteiger partial charge in [0.05, 0.1) is 10.9 Å². The summed E-state index contributed by atoms with van der Waals surface area (Å²) in [6.45, 7) is 3.34. The van der Waals surface area contributed by atoms with E-state index < -0.39 is 15.6 Å². The summed E-state index contributed by atoms with van der Waals surface area (Å²) in [5, 5.41) is 2.65. The number of aryl methyl sites for hydroxylation is 2. The van der Waals surface area contributed by atoms with E-state index in [1.807, 2.05) is 0 Å². The minimum Gasteiger partial charge on any atom is -0.741 e. The van der Waals surface area contributed by atoms with Crippen molar-refractivity contribution in [1.29, 1.82) is 0 Å². The Bertz CT molecular complexity index is 1310. The molecule has 0 amide bonds. The van der Waals surface area contributed by atoms with E-state index in [0.717, 1.165) is 6.54 Å². The van der Waals surface area contributed by atoms with Crippen molar-refractivity contribution in [1.82, 2.24) is 4.57 Å². The van der Waals surface area contributed by atoms with E-state index in [4.69, 9.17) is 13.0 Å². The number of nitrogens with zero attached hydrogens (tertiary/aromatic N) is 2. The number of fused-ring (bicyclic) bond motifs is 4. The van der Waals surface area contributed by atoms with Crippen molar-refractivity contribution in [2.75, 3.05) is 0 Å². The van der Waals surface area contributed by atoms with Gasteiger partial charge in [0, 0.05) is 18.0 Å². The van der Waals surface area contributed by atoms with Gasteiger partial charge >= 0.3 is 5.51 Å². The highest BCUT2D eigenvalue weighted by Crippen LogP contribution is 2.29. The van der Waals surface area contributed by atoms with Crippen molar-refractivity contribution in [3.8, 4) is 0 Å². The van der Waals surface area contributed by atoms with Gasteiger partial charge < -0.3 is 9.12 Å². The number of unbranched alkanes of at least 4 members (excludes halogenated alkanes) is 1. The Morgan fingerprint density at radius 1 is 1.03 bits per heavy atom. The number of halogens is 3. The van der Waals surface area contributed by atoms with Crippen LogP contribution in [0.3, 0.4) is 0 Å². The highest BCUT2D eigenvalue weighted by molar-refractivity contribution is 7.86. The molecule has 0 fully saturated rings. The smallest absolute Gasteiger partial charge is 0.485 e. The number of aromatic nitrogens is 2. The summed E-state index contributed by atoms with van der Waals surface area (Å²) in [5.74, 6) is 0. The predicted molar refractivity (Wildman–Crippen MR) is 109 cm³/mol. The summed E-state index contributed by atoms with van der Waals surface area (Å²) >= 11 is 0. The second kappa shape index (κ2) is 8.23. The molecule has 0 atom stereocenters. The fourth-order valence-corrected chi connectivity index (χ4v) is 3.54. The van der Waals surface area contributed by atoms with Crippen LogP contribution in [0.1, 0.15) is 19.8 Å². The molecule has 0 unspecified atom stereocenters. The lowest BCUT2D eigenvalue weighted by Gasteiger charge is -2.08. The summed E-state index contributed by atoms with van der Waals surface area (Å²) in [7, 11) is -3.91. The van der Waals surface area contributed by atoms with Gasteiger partial charge in [0.15, 0.2) is 10.1 Å². The first kappa shape index (κ1) is 22.0. The predicted octanol–water partition coefficient (Wildman–Crippen LogP) is 4.62. The van der Waals surface area contributed by atoms with Crippen LogP contribution in [-0.2, 0) is 23.7 Å². The van der Waals surface area contributed by atoms with Gasteiger partial charge in [-0.05, 0) is 30.7 Å². The number of alkyl halides is 3. The first-order valence-corrected chi connectivity index (χ1v) is 10.8. The second-order valence-corrected chi connectivity index (χ2v) is 8.29. The van der Waals surface area contributed by atoms with Crippen LogP contribution in [0.4, 0.5) is 13.2 Å². The lowest BCUT2D eigenvalue weighted by atomic mass is 10.1. The lowest BCUT2D eigenvalue weighted by Crippen LogP contribution is -2.29. The Balaban J connectivity index is 0.000000275. The van der Waals surface area contributed by atoms with E-state index in [1.54, 1.807) is 0 Å². The first-order valence-electron chi connectivity index (χ1n) is 9.37. The topological polar surface area (TPSA) is 66.0 Å². The Morgan fingerprint density at radius 2 is 1.63 bits per heavy atom. The van der Waals surface area contributed by atoms with Crippen molar-refractivity contribution in [3.05, 3.63) is 54.6 Å². The summed E-state index contributed by atoms with van der Waals surface area (Å²) in [5.41, 5.74) is -0.334. The molecule has 0 aliphatic carbocycles. The molecule has 0 saturated heterocycles. The Morgan fingerprint density at radius 3 is 2.27 bits per heavy atom. The molecule has 0 saturated carbocycles. The number of rotatable bonds is 3. The van der Waals surface area contributed by atoms with E-state index in [1.165, 1.54) is 45.7 Å². The number of pyridine rings is 1. The quantitative estimate of drug-likeness (QED) is 0.266. The molecule has 2 aromatic heterocycles. The SMILES string of the molecule is CCCCn1c2ccccc2c2c1cc1ccccc1[n+]2C.O=S(=O)([O-])C(F)(F)F. The molecule has 4 rings (SSSR count). The zero-order valence-electron chi connectivity index (χ0n) is 16.5. The summed E-state index contributed by atoms with van der Waals surface area (Å²) in [4.78, 5) is 0. The molecule has 5 nitrogen and oxygen atoms in total. The molecule has 160 valence electrons. The Labute approximate surface area is 172 Å². The van der Waals surface area contributed by atoms with Crippen molar-refractivity contribution < 1.29 is 30.7 Å². The average molecular weight is 438 g/mol. The van der Waals surface area contributed by atoms with Gasteiger partial charge in [-0.3, -0.25) is 0 Å². The molecule has 4 aromatic rings. The molecule has 0 N–H and O–H groups in total. The van der Waals surface area contributed by atoms with Gasteiger partial charge in [-0.1, -0.05) is 37.6 Å². The van der Waals surface area contributed by atoms with Crippen LogP contribution in [0.2, 0.25) is 0 Å². The van der Waals surface area contributed by atoms with E-state index >= 15 is 0 Å². The molecule has 0 aliphatic heterocycles. The number of hydrogen-bond acceptors (Lipinski definition) is 3. The zero-order valence-corrected chi connectivity index (χ0v) is 17.3. The number of hydrogen-bond donors (Lipinski definition) is 0. The fraction of sp³-hybridized carbons (Fsp3) is 0.286. The number of benzene rings is 2. The fourth-order valence-electron chi connectivity index (χ4n) is 3.54. The second-order valence-electron chi connectivity index (χ2n) is 6.92. The summed E-state index contributed by atoms with van der Waals surface area (Å²) in [6.07, 6.45) is 2.43. The van der Waals surface area contributed by atoms with E-state index in [0.29, 0.717) is 0 Å². The van der Waals surface area contributed by atoms with Crippen LogP contribution in [0.5, 0.6) is 0 Å². The van der Waals surface area contributed by atoms with Gasteiger partial charge in [0.1, 0.15) is 12.6 Å². The molecule has 30 heavy (non-hydrogen) atoms. The molecule has 0 spiro atoms. The largest absolute Gasteiger partial charge is 0.741 e. The highest BCUT2D eigenvalue weighted by Gasteiger charge is 2.36. The van der Waals surface area contributed by atoms with Crippen LogP contribution >= 0.6 is 0 Å². The van der Waals surface area contributed by atoms with Gasteiger partial charge in [-0.15, -0.1) is 0 Å². The standard InChI is InChI=1S/C20H21N2.CHF3O3S/c1-3-4-13-22-18-12-8-6-10-16(18)20-19(22)14-15-9-5-7-11-17(15)21(20)2;2-1(3,4)8(5,6)7/h5-12,14H,3-4,13H2,1-2H3;(H,5,6,7)/q+1;/p-1. The molecule has 9 heteroatoms. The van der Waals surface area contributed by atoms with E-state index in [-0.39, 0.29) is 0 Å². The maximum atomic E-state index is 10.7. The minimum atomic E-state index is -6.09. The molecule has 0 radical (unpaired) electrons. The van der Waals surface area contributed by atoms with Crippen LogP contribution < -0.4 is 4.57 Å². The first-order chi connectivity index (χ1) is 14.1. The zero-order chi connectivity index (χ0) is 22.1. The third kappa shape index (κ3) is 4.13. The van der Waals surface area contributed by atoms with Gasteiger partial charge in [0.2, 0.25) is 11.0 Å². The normalized spacial score (nSPS) is 12.3. The molecular weight excluding hydrogens is 417 g/mol. The molecule has 0 aliphatic rings. The van der Waals surface area contributed by atoms with Gasteiger partial charge in [-0.2, -0.15) is 17.7 Å². The summed E-state index contributed by atoms with van der Waals surface area (Å²) < 4.78 is 63.7. The lowest BCUT2D eigenvalue weighted by molar-refractivity contribution is -0.616. The van der Waals surface area contributed by atoms with Crippen LogP contribution in [0.25, 0.3) is 32.8 Å². The molecule has 2 aromatic carbocycles. The summed E-state index contributed by atoms with van der Waals surface area (Å²) in [6, 6.07) is 19.8. The van der Waals surface area contributed by atoms with Crippen molar-refractivity contribution in [2.45, 2.75) is 31.8 Å². The van der Waals surface area contributed by atoms with E-state index in [9.17, 15) is 13.2 Å². The molecule has 0 bridgehead atoms. The van der Waals surface area contributed by atoms with Gasteiger partial charge in [-0.25, -0.2) is 8.42 Å². The minimum absolute atomic E-state index is 1.08. The molecule has 2 heterocycles. The van der Waals surface area contributed by atoms with E-state index in [2.05, 4.69) is 77.7 Å². The molecular formula is C21H21F3N2O3S. The Hall–Kier alpha value is -2.65. The van der Waals surface area contributed by atoms with Gasteiger partial charge in [0.25, 0.3) is 0 Å². The maximum absolute atomic E-state index is 10.7. The van der Waals surface area contributed by atoms with Crippen molar-refractivity contribution in [3.63, 3.8) is 0 Å². The van der Waals surface area contributed by atoms with Crippen molar-refractivity contribution in [2.24, 2.45) is 7.05 Å². The maximum Gasteiger partial charge on any atom is 0.485 e. The number of para-hydroxylation sites is 2.